The number of rotatable bonds is 2. The maximum atomic E-state index is 11.3. The van der Waals surface area contributed by atoms with Crippen LogP contribution in [-0.2, 0) is 16.6 Å². The van der Waals surface area contributed by atoms with Crippen molar-refractivity contribution in [3.8, 4) is 0 Å². The van der Waals surface area contributed by atoms with Crippen LogP contribution >= 0.6 is 0 Å². The number of aryl methyl sites for hydroxylation is 1. The number of ether oxygens (including phenoxy) is 1. The molecule has 2 heterocycles. The van der Waals surface area contributed by atoms with Gasteiger partial charge in [0, 0.05) is 19.9 Å². The second-order valence-corrected chi connectivity index (χ2v) is 3.65. The molecule has 0 radical (unpaired) electrons. The van der Waals surface area contributed by atoms with E-state index in [9.17, 15) is 14.9 Å². The summed E-state index contributed by atoms with van der Waals surface area (Å²) in [5.74, 6) is 0.0618. The maximum absolute atomic E-state index is 11.3. The molecule has 1 fully saturated rings. The van der Waals surface area contributed by atoms with Gasteiger partial charge in [-0.05, 0) is 0 Å². The van der Waals surface area contributed by atoms with Gasteiger partial charge in [-0.15, -0.1) is 0 Å². The Hall–Kier alpha value is -1.76. The van der Waals surface area contributed by atoms with Crippen LogP contribution in [0.4, 0.5) is 5.69 Å². The molecule has 0 bridgehead atoms. The Bertz CT molecular complexity index is 440. The third-order valence-corrected chi connectivity index (χ3v) is 2.58. The molecule has 1 saturated heterocycles. The number of aromatic nitrogens is 2. The van der Waals surface area contributed by atoms with Crippen molar-refractivity contribution in [1.82, 2.24) is 9.78 Å². The van der Waals surface area contributed by atoms with Crippen LogP contribution in [0.1, 0.15) is 24.6 Å². The Kier molecular flexibility index (Phi) is 2.69. The molecule has 1 aliphatic rings. The lowest BCUT2D eigenvalue weighted by Gasteiger charge is -2.21. The van der Waals surface area contributed by atoms with E-state index in [1.807, 2.05) is 0 Å². The van der Waals surface area contributed by atoms with E-state index in [-0.39, 0.29) is 17.9 Å². The molecular weight excluding hydrogens is 214 g/mol. The predicted octanol–water partition coefficient (Wildman–Crippen LogP) is 0.749. The van der Waals surface area contributed by atoms with Crippen LogP contribution in [0.2, 0.25) is 0 Å². The van der Waals surface area contributed by atoms with Gasteiger partial charge < -0.3 is 4.74 Å². The van der Waals surface area contributed by atoms with Gasteiger partial charge in [0.05, 0.1) is 11.5 Å². The molecule has 1 aromatic rings. The van der Waals surface area contributed by atoms with Crippen LogP contribution in [0.5, 0.6) is 0 Å². The minimum Gasteiger partial charge on any atom is -0.371 e. The largest absolute Gasteiger partial charge is 0.371 e. The number of nitro groups is 1. The number of carbonyl (C=O) groups excluding carboxylic acids is 1. The Labute approximate surface area is 91.2 Å². The Balaban J connectivity index is 2.34. The van der Waals surface area contributed by atoms with Crippen LogP contribution < -0.4 is 0 Å². The Morgan fingerprint density at radius 1 is 1.69 bits per heavy atom. The molecule has 0 aromatic carbocycles. The molecule has 0 saturated carbocycles. The minimum atomic E-state index is -0.547. The van der Waals surface area contributed by atoms with Gasteiger partial charge in [-0.1, -0.05) is 0 Å². The highest BCUT2D eigenvalue weighted by molar-refractivity contribution is 5.79. The number of Topliss-reactive ketones (excluding diaryl/α,β-unsaturated/α-hetero) is 1. The molecule has 7 nitrogen and oxygen atoms in total. The fourth-order valence-electron chi connectivity index (χ4n) is 1.81. The van der Waals surface area contributed by atoms with Gasteiger partial charge in [-0.3, -0.25) is 19.6 Å². The molecule has 1 aliphatic heterocycles. The first-order valence-corrected chi connectivity index (χ1v) is 4.89. The number of carbonyl (C=O) groups is 1. The smallest absolute Gasteiger partial charge is 0.312 e. The molecular formula is C9H11N3O4. The van der Waals surface area contributed by atoms with E-state index in [0.29, 0.717) is 18.7 Å². The molecule has 86 valence electrons. The van der Waals surface area contributed by atoms with Crippen LogP contribution in [0, 0.1) is 10.1 Å². The van der Waals surface area contributed by atoms with Crippen LogP contribution in [0.3, 0.4) is 0 Å². The quantitative estimate of drug-likeness (QED) is 0.547. The zero-order chi connectivity index (χ0) is 11.7. The lowest BCUT2D eigenvalue weighted by Crippen LogP contribution is -2.22. The Morgan fingerprint density at radius 3 is 3.06 bits per heavy atom. The SMILES string of the molecule is Cn1ncc([N+](=O)[O-])c1[C@H]1CC(=O)CCO1. The molecule has 0 unspecified atom stereocenters. The van der Waals surface area contributed by atoms with Gasteiger partial charge in [0.1, 0.15) is 23.8 Å². The van der Waals surface area contributed by atoms with Gasteiger partial charge in [0.25, 0.3) is 0 Å². The summed E-state index contributed by atoms with van der Waals surface area (Å²) < 4.78 is 6.77. The second-order valence-electron chi connectivity index (χ2n) is 3.65. The van der Waals surface area contributed by atoms with Crippen LogP contribution in [0.25, 0.3) is 0 Å². The number of hydrogen-bond acceptors (Lipinski definition) is 5. The fourth-order valence-corrected chi connectivity index (χ4v) is 1.81. The van der Waals surface area contributed by atoms with E-state index in [2.05, 4.69) is 5.10 Å². The molecule has 1 atom stereocenters. The maximum Gasteiger partial charge on any atom is 0.312 e. The molecule has 1 aromatic heterocycles. The molecule has 0 amide bonds. The van der Waals surface area contributed by atoms with E-state index in [0.717, 1.165) is 0 Å². The third kappa shape index (κ3) is 1.81. The zero-order valence-electron chi connectivity index (χ0n) is 8.75. The summed E-state index contributed by atoms with van der Waals surface area (Å²) in [4.78, 5) is 21.5. The van der Waals surface area contributed by atoms with Crippen molar-refractivity contribution in [3.63, 3.8) is 0 Å². The summed E-state index contributed by atoms with van der Waals surface area (Å²) in [5.41, 5.74) is 0.264. The van der Waals surface area contributed by atoms with E-state index in [1.54, 1.807) is 7.05 Å². The van der Waals surface area contributed by atoms with Crippen molar-refractivity contribution >= 4 is 11.5 Å². The summed E-state index contributed by atoms with van der Waals surface area (Å²) in [5, 5.41) is 14.6. The highest BCUT2D eigenvalue weighted by Crippen LogP contribution is 2.31. The number of hydrogen-bond donors (Lipinski definition) is 0. The zero-order valence-corrected chi connectivity index (χ0v) is 8.75. The number of ketones is 1. The van der Waals surface area contributed by atoms with Gasteiger partial charge in [0.15, 0.2) is 0 Å². The molecule has 0 N–H and O–H groups in total. The van der Waals surface area contributed by atoms with Crippen LogP contribution in [0.15, 0.2) is 6.20 Å². The third-order valence-electron chi connectivity index (χ3n) is 2.58. The minimum absolute atomic E-state index is 0.0618. The standard InChI is InChI=1S/C9H11N3O4/c1-11-9(7(5-10-11)12(14)15)8-4-6(13)2-3-16-8/h5,8H,2-4H2,1H3/t8-/m1/s1. The molecule has 7 heteroatoms. The monoisotopic (exact) mass is 225 g/mol. The summed E-state index contributed by atoms with van der Waals surface area (Å²) >= 11 is 0. The van der Waals surface area contributed by atoms with E-state index in [1.165, 1.54) is 10.9 Å². The van der Waals surface area contributed by atoms with Crippen molar-refractivity contribution in [2.24, 2.45) is 7.05 Å². The molecule has 0 spiro atoms. The van der Waals surface area contributed by atoms with Crippen molar-refractivity contribution in [2.45, 2.75) is 18.9 Å². The normalized spacial score (nSPS) is 21.1. The van der Waals surface area contributed by atoms with Crippen molar-refractivity contribution in [1.29, 1.82) is 0 Å². The lowest BCUT2D eigenvalue weighted by molar-refractivity contribution is -0.386. The topological polar surface area (TPSA) is 87.3 Å². The van der Waals surface area contributed by atoms with E-state index in [4.69, 9.17) is 4.74 Å². The highest BCUT2D eigenvalue weighted by atomic mass is 16.6. The van der Waals surface area contributed by atoms with Crippen molar-refractivity contribution < 1.29 is 14.5 Å². The predicted molar refractivity (Wildman–Crippen MR) is 52.8 cm³/mol. The van der Waals surface area contributed by atoms with Crippen molar-refractivity contribution in [2.75, 3.05) is 6.61 Å². The summed E-state index contributed by atoms with van der Waals surface area (Å²) in [7, 11) is 1.60. The van der Waals surface area contributed by atoms with Gasteiger partial charge >= 0.3 is 5.69 Å². The first kappa shape index (κ1) is 10.7. The summed E-state index contributed by atoms with van der Waals surface area (Å²) in [6.07, 6.45) is 1.19. The Morgan fingerprint density at radius 2 is 2.44 bits per heavy atom. The molecule has 16 heavy (non-hydrogen) atoms. The average molecular weight is 225 g/mol. The fraction of sp³-hybridized carbons (Fsp3) is 0.556. The first-order valence-electron chi connectivity index (χ1n) is 4.89. The van der Waals surface area contributed by atoms with Gasteiger partial charge in [-0.2, -0.15) is 5.10 Å². The van der Waals surface area contributed by atoms with E-state index >= 15 is 0 Å². The second kappa shape index (κ2) is 4.01. The number of nitrogens with zero attached hydrogens (tertiary/aromatic N) is 3. The lowest BCUT2D eigenvalue weighted by atomic mass is 10.0. The average Bonchev–Trinajstić information content (AvgIpc) is 2.60. The van der Waals surface area contributed by atoms with Crippen molar-refractivity contribution in [3.05, 3.63) is 22.0 Å². The summed E-state index contributed by atoms with van der Waals surface area (Å²) in [6.45, 7) is 0.311. The van der Waals surface area contributed by atoms with Gasteiger partial charge in [0.2, 0.25) is 0 Å². The van der Waals surface area contributed by atoms with Crippen LogP contribution in [-0.4, -0.2) is 27.1 Å². The molecule has 0 aliphatic carbocycles. The van der Waals surface area contributed by atoms with Gasteiger partial charge in [-0.25, -0.2) is 0 Å². The molecule has 2 rings (SSSR count). The summed E-state index contributed by atoms with van der Waals surface area (Å²) in [6, 6.07) is 0. The first-order chi connectivity index (χ1) is 7.59. The highest BCUT2D eigenvalue weighted by Gasteiger charge is 2.31. The van der Waals surface area contributed by atoms with E-state index < -0.39 is 11.0 Å².